The van der Waals surface area contributed by atoms with Gasteiger partial charge in [0.15, 0.2) is 0 Å². The molecule has 0 atom stereocenters. The molecule has 0 radical (unpaired) electrons. The molecule has 0 N–H and O–H groups in total. The van der Waals surface area contributed by atoms with Crippen LogP contribution in [-0.4, -0.2) is 28.4 Å². The van der Waals surface area contributed by atoms with E-state index in [-0.39, 0.29) is 17.1 Å². The molecule has 0 spiro atoms. The van der Waals surface area contributed by atoms with E-state index in [4.69, 9.17) is 11.6 Å². The molecule has 1 rings (SSSR count). The van der Waals surface area contributed by atoms with Crippen molar-refractivity contribution in [3.8, 4) is 0 Å². The van der Waals surface area contributed by atoms with Crippen LogP contribution in [-0.2, 0) is 0 Å². The van der Waals surface area contributed by atoms with Gasteiger partial charge in [0.05, 0.1) is 5.56 Å². The van der Waals surface area contributed by atoms with Gasteiger partial charge in [0.2, 0.25) is 0 Å². The highest BCUT2D eigenvalue weighted by atomic mass is 35.5. The maximum Gasteiger partial charge on any atom is 0.257 e. The minimum Gasteiger partial charge on any atom is -0.336 e. The number of pyridine rings is 1. The largest absolute Gasteiger partial charge is 0.336 e. The van der Waals surface area contributed by atoms with Gasteiger partial charge in [-0.15, -0.1) is 0 Å². The van der Waals surface area contributed by atoms with E-state index in [1.807, 2.05) is 18.7 Å². The normalized spacial score (nSPS) is 10.7. The van der Waals surface area contributed by atoms with Gasteiger partial charge < -0.3 is 4.90 Å². The van der Waals surface area contributed by atoms with Gasteiger partial charge in [0.1, 0.15) is 5.15 Å². The van der Waals surface area contributed by atoms with E-state index in [9.17, 15) is 4.79 Å². The SMILES string of the molecule is CCCCCN(C(=O)c1cccnc1Cl)C(C)C. The Morgan fingerprint density at radius 1 is 1.44 bits per heavy atom. The van der Waals surface area contributed by atoms with E-state index in [1.165, 1.54) is 0 Å². The summed E-state index contributed by atoms with van der Waals surface area (Å²) in [5, 5.41) is 0.281. The molecule has 1 aromatic heterocycles. The molecule has 0 aromatic carbocycles. The summed E-state index contributed by atoms with van der Waals surface area (Å²) >= 11 is 5.97. The number of carbonyl (C=O) groups is 1. The van der Waals surface area contributed by atoms with Crippen molar-refractivity contribution >= 4 is 17.5 Å². The molecule has 0 aliphatic rings. The Hall–Kier alpha value is -1.09. The first kappa shape index (κ1) is 15.0. The molecule has 3 nitrogen and oxygen atoms in total. The molecule has 100 valence electrons. The van der Waals surface area contributed by atoms with E-state index in [0.29, 0.717) is 5.56 Å². The molecule has 0 saturated heterocycles. The summed E-state index contributed by atoms with van der Waals surface area (Å²) in [7, 11) is 0. The fourth-order valence-electron chi connectivity index (χ4n) is 1.83. The van der Waals surface area contributed by atoms with Crippen molar-refractivity contribution in [2.45, 2.75) is 46.1 Å². The highest BCUT2D eigenvalue weighted by molar-refractivity contribution is 6.32. The third-order valence-electron chi connectivity index (χ3n) is 2.88. The van der Waals surface area contributed by atoms with Crippen molar-refractivity contribution < 1.29 is 4.79 Å². The number of halogens is 1. The summed E-state index contributed by atoms with van der Waals surface area (Å²) < 4.78 is 0. The van der Waals surface area contributed by atoms with Crippen LogP contribution >= 0.6 is 11.6 Å². The molecule has 0 aliphatic heterocycles. The molecule has 1 heterocycles. The second-order valence-electron chi connectivity index (χ2n) is 4.64. The molecule has 18 heavy (non-hydrogen) atoms. The standard InChI is InChI=1S/C14H21ClN2O/c1-4-5-6-10-17(11(2)3)14(18)12-8-7-9-16-13(12)15/h7-9,11H,4-6,10H2,1-3H3. The number of nitrogens with zero attached hydrogens (tertiary/aromatic N) is 2. The van der Waals surface area contributed by atoms with Gasteiger partial charge >= 0.3 is 0 Å². The summed E-state index contributed by atoms with van der Waals surface area (Å²) in [6.45, 7) is 6.97. The molecule has 0 fully saturated rings. The molecule has 0 bridgehead atoms. The van der Waals surface area contributed by atoms with Crippen LogP contribution in [0.1, 0.15) is 50.4 Å². The van der Waals surface area contributed by atoms with Gasteiger partial charge in [-0.2, -0.15) is 0 Å². The minimum atomic E-state index is -0.0285. The molecule has 0 unspecified atom stereocenters. The summed E-state index contributed by atoms with van der Waals surface area (Å²) in [6.07, 6.45) is 4.90. The zero-order valence-corrected chi connectivity index (χ0v) is 12.1. The summed E-state index contributed by atoms with van der Waals surface area (Å²) in [6, 6.07) is 3.64. The molecule has 0 aliphatic carbocycles. The van der Waals surface area contributed by atoms with Crippen LogP contribution in [0, 0.1) is 0 Å². The van der Waals surface area contributed by atoms with Crippen LogP contribution in [0.4, 0.5) is 0 Å². The molecule has 1 amide bonds. The van der Waals surface area contributed by atoms with Crippen LogP contribution in [0.25, 0.3) is 0 Å². The molecular formula is C14H21ClN2O. The average molecular weight is 269 g/mol. The lowest BCUT2D eigenvalue weighted by Gasteiger charge is -2.27. The minimum absolute atomic E-state index is 0.0285. The van der Waals surface area contributed by atoms with Gasteiger partial charge in [-0.25, -0.2) is 4.98 Å². The lowest BCUT2D eigenvalue weighted by atomic mass is 10.1. The van der Waals surface area contributed by atoms with Gasteiger partial charge in [-0.1, -0.05) is 31.4 Å². The number of amides is 1. The second kappa shape index (κ2) is 7.37. The van der Waals surface area contributed by atoms with Crippen LogP contribution in [0.15, 0.2) is 18.3 Å². The zero-order chi connectivity index (χ0) is 13.5. The van der Waals surface area contributed by atoms with Crippen molar-refractivity contribution in [2.75, 3.05) is 6.54 Å². The Morgan fingerprint density at radius 3 is 2.72 bits per heavy atom. The Labute approximate surface area is 114 Å². The average Bonchev–Trinajstić information content (AvgIpc) is 2.34. The van der Waals surface area contributed by atoms with Crippen molar-refractivity contribution in [2.24, 2.45) is 0 Å². The zero-order valence-electron chi connectivity index (χ0n) is 11.3. The van der Waals surface area contributed by atoms with Crippen molar-refractivity contribution in [3.63, 3.8) is 0 Å². The lowest BCUT2D eigenvalue weighted by Crippen LogP contribution is -2.38. The third kappa shape index (κ3) is 3.98. The van der Waals surface area contributed by atoms with E-state index >= 15 is 0 Å². The fraction of sp³-hybridized carbons (Fsp3) is 0.571. The van der Waals surface area contributed by atoms with Crippen molar-refractivity contribution in [3.05, 3.63) is 29.0 Å². The van der Waals surface area contributed by atoms with Gasteiger partial charge in [0, 0.05) is 18.8 Å². The van der Waals surface area contributed by atoms with Crippen LogP contribution in [0.2, 0.25) is 5.15 Å². The number of hydrogen-bond donors (Lipinski definition) is 0. The number of hydrogen-bond acceptors (Lipinski definition) is 2. The second-order valence-corrected chi connectivity index (χ2v) is 5.00. The Bertz CT molecular complexity index is 393. The van der Waals surface area contributed by atoms with Crippen LogP contribution in [0.3, 0.4) is 0 Å². The predicted molar refractivity (Wildman–Crippen MR) is 74.9 cm³/mol. The quantitative estimate of drug-likeness (QED) is 0.581. The summed E-state index contributed by atoms with van der Waals surface area (Å²) in [4.78, 5) is 18.2. The Balaban J connectivity index is 2.80. The first-order chi connectivity index (χ1) is 8.57. The van der Waals surface area contributed by atoms with E-state index in [1.54, 1.807) is 18.3 Å². The van der Waals surface area contributed by atoms with Gasteiger partial charge in [0.25, 0.3) is 5.91 Å². The van der Waals surface area contributed by atoms with E-state index in [0.717, 1.165) is 25.8 Å². The highest BCUT2D eigenvalue weighted by Gasteiger charge is 2.20. The lowest BCUT2D eigenvalue weighted by molar-refractivity contribution is 0.0702. The van der Waals surface area contributed by atoms with Crippen LogP contribution in [0.5, 0.6) is 0 Å². The maximum absolute atomic E-state index is 12.4. The first-order valence-electron chi connectivity index (χ1n) is 6.49. The van der Waals surface area contributed by atoms with Crippen molar-refractivity contribution in [1.82, 2.24) is 9.88 Å². The fourth-order valence-corrected chi connectivity index (χ4v) is 2.03. The van der Waals surface area contributed by atoms with Crippen LogP contribution < -0.4 is 0 Å². The Morgan fingerprint density at radius 2 is 2.17 bits per heavy atom. The van der Waals surface area contributed by atoms with E-state index in [2.05, 4.69) is 11.9 Å². The molecule has 0 saturated carbocycles. The molecule has 1 aromatic rings. The smallest absolute Gasteiger partial charge is 0.257 e. The Kier molecular flexibility index (Phi) is 6.13. The van der Waals surface area contributed by atoms with Gasteiger partial charge in [-0.3, -0.25) is 4.79 Å². The number of unbranched alkanes of at least 4 members (excludes halogenated alkanes) is 2. The van der Waals surface area contributed by atoms with E-state index < -0.39 is 0 Å². The number of aromatic nitrogens is 1. The third-order valence-corrected chi connectivity index (χ3v) is 3.18. The van der Waals surface area contributed by atoms with Gasteiger partial charge in [-0.05, 0) is 32.4 Å². The highest BCUT2D eigenvalue weighted by Crippen LogP contribution is 2.16. The molecular weight excluding hydrogens is 248 g/mol. The van der Waals surface area contributed by atoms with Crippen molar-refractivity contribution in [1.29, 1.82) is 0 Å². The summed E-state index contributed by atoms with van der Waals surface area (Å²) in [5.41, 5.74) is 0.490. The monoisotopic (exact) mass is 268 g/mol. The summed E-state index contributed by atoms with van der Waals surface area (Å²) in [5.74, 6) is -0.0285. The first-order valence-corrected chi connectivity index (χ1v) is 6.87. The number of carbonyl (C=O) groups excluding carboxylic acids is 1. The predicted octanol–water partition coefficient (Wildman–Crippen LogP) is 3.78. The number of rotatable bonds is 6. The topological polar surface area (TPSA) is 33.2 Å². The maximum atomic E-state index is 12.4. The molecule has 4 heteroatoms.